The van der Waals surface area contributed by atoms with E-state index in [1.54, 1.807) is 13.8 Å². The van der Waals surface area contributed by atoms with E-state index in [9.17, 15) is 13.2 Å². The van der Waals surface area contributed by atoms with Gasteiger partial charge in [0.1, 0.15) is 0 Å². The number of carbonyl (C=O) groups is 1. The average Bonchev–Trinajstić information content (AvgIpc) is 1.83. The van der Waals surface area contributed by atoms with Crippen LogP contribution >= 0.6 is 0 Å². The van der Waals surface area contributed by atoms with Crippen LogP contribution in [-0.2, 0) is 15.3 Å². The van der Waals surface area contributed by atoms with Gasteiger partial charge < -0.3 is 5.11 Å². The lowest BCUT2D eigenvalue weighted by molar-refractivity contribution is -0.138. The Morgan fingerprint density at radius 1 is 1.50 bits per heavy atom. The second kappa shape index (κ2) is 4.87. The van der Waals surface area contributed by atoms with Gasteiger partial charge in [0.2, 0.25) is 0 Å². The molecule has 0 heterocycles. The van der Waals surface area contributed by atoms with Gasteiger partial charge in [-0.1, -0.05) is 13.8 Å². The van der Waals surface area contributed by atoms with Crippen molar-refractivity contribution in [1.29, 1.82) is 0 Å². The van der Waals surface area contributed by atoms with Gasteiger partial charge in [-0.2, -0.15) is 12.8 Å². The van der Waals surface area contributed by atoms with Gasteiger partial charge in [0.25, 0.3) is 0 Å². The molecule has 1 unspecified atom stereocenters. The summed E-state index contributed by atoms with van der Waals surface area (Å²) >= 11 is 0. The van der Waals surface area contributed by atoms with Crippen LogP contribution < -0.4 is 0 Å². The molecule has 0 aromatic rings. The van der Waals surface area contributed by atoms with Crippen molar-refractivity contribution < 1.29 is 18.3 Å². The standard InChI is InChI=1S/C6H11NO4S/c1-4(2)3-5(6(8)9)7-12(10)11/h4-5H,3H2,1-2H3,(H,8,9). The predicted octanol–water partition coefficient (Wildman–Crippen LogP) is 0.548. The van der Waals surface area contributed by atoms with Gasteiger partial charge in [-0.3, -0.25) is 0 Å². The van der Waals surface area contributed by atoms with Gasteiger partial charge in [0, 0.05) is 0 Å². The summed E-state index contributed by atoms with van der Waals surface area (Å²) in [7, 11) is -2.64. The maximum Gasteiger partial charge on any atom is 0.329 e. The lowest BCUT2D eigenvalue weighted by Gasteiger charge is -2.06. The molecule has 1 atom stereocenters. The van der Waals surface area contributed by atoms with Crippen molar-refractivity contribution in [3.63, 3.8) is 0 Å². The van der Waals surface area contributed by atoms with Gasteiger partial charge in [-0.25, -0.2) is 4.79 Å². The molecule has 70 valence electrons. The lowest BCUT2D eigenvalue weighted by Crippen LogP contribution is -2.19. The zero-order chi connectivity index (χ0) is 9.72. The van der Waals surface area contributed by atoms with Crippen LogP contribution in [0.2, 0.25) is 0 Å². The molecule has 1 N–H and O–H groups in total. The van der Waals surface area contributed by atoms with Crippen LogP contribution in [0.3, 0.4) is 0 Å². The molecule has 0 spiro atoms. The predicted molar refractivity (Wildman–Crippen MR) is 42.2 cm³/mol. The minimum atomic E-state index is -2.64. The SMILES string of the molecule is CC(C)CC(N=S(=O)=O)C(=O)O. The zero-order valence-corrected chi connectivity index (χ0v) is 7.71. The molecule has 0 aliphatic carbocycles. The summed E-state index contributed by atoms with van der Waals surface area (Å²) in [4.78, 5) is 10.4. The third kappa shape index (κ3) is 4.84. The highest BCUT2D eigenvalue weighted by atomic mass is 32.2. The minimum absolute atomic E-state index is 0.110. The Hall–Kier alpha value is -0.910. The van der Waals surface area contributed by atoms with E-state index in [4.69, 9.17) is 5.11 Å². The number of carboxylic acid groups (broad SMARTS) is 1. The van der Waals surface area contributed by atoms with Gasteiger partial charge in [0.15, 0.2) is 6.04 Å². The monoisotopic (exact) mass is 193 g/mol. The van der Waals surface area contributed by atoms with E-state index in [0.717, 1.165) is 0 Å². The molecule has 0 aromatic carbocycles. The highest BCUT2D eigenvalue weighted by molar-refractivity contribution is 7.61. The first-order valence-electron chi connectivity index (χ1n) is 3.46. The van der Waals surface area contributed by atoms with E-state index in [1.807, 2.05) is 0 Å². The van der Waals surface area contributed by atoms with Crippen LogP contribution in [0.4, 0.5) is 0 Å². The van der Waals surface area contributed by atoms with E-state index in [0.29, 0.717) is 0 Å². The fraction of sp³-hybridized carbons (Fsp3) is 0.833. The number of hydrogen-bond donors (Lipinski definition) is 1. The Morgan fingerprint density at radius 3 is 2.25 bits per heavy atom. The Kier molecular flexibility index (Phi) is 4.50. The van der Waals surface area contributed by atoms with Crippen molar-refractivity contribution in [3.05, 3.63) is 0 Å². The topological polar surface area (TPSA) is 83.8 Å². The second-order valence-corrected chi connectivity index (χ2v) is 3.45. The molecule has 12 heavy (non-hydrogen) atoms. The second-order valence-electron chi connectivity index (χ2n) is 2.81. The molecule has 0 radical (unpaired) electrons. The number of rotatable bonds is 4. The largest absolute Gasteiger partial charge is 0.480 e. The molecule has 0 saturated carbocycles. The third-order valence-corrected chi connectivity index (χ3v) is 1.62. The molecule has 6 heteroatoms. The van der Waals surface area contributed by atoms with Gasteiger partial charge >= 0.3 is 16.5 Å². The molecule has 0 amide bonds. The summed E-state index contributed by atoms with van der Waals surface area (Å²) < 4.78 is 23.2. The summed E-state index contributed by atoms with van der Waals surface area (Å²) in [5.74, 6) is -1.09. The number of hydrogen-bond acceptors (Lipinski definition) is 4. The van der Waals surface area contributed by atoms with Crippen LogP contribution in [0.5, 0.6) is 0 Å². The van der Waals surface area contributed by atoms with Crippen LogP contribution in [0.1, 0.15) is 20.3 Å². The Bertz CT molecular complexity index is 272. The van der Waals surface area contributed by atoms with Crippen LogP contribution in [0.25, 0.3) is 0 Å². The molecule has 0 bridgehead atoms. The smallest absolute Gasteiger partial charge is 0.329 e. The molecular weight excluding hydrogens is 182 g/mol. The van der Waals surface area contributed by atoms with Crippen molar-refractivity contribution in [2.45, 2.75) is 26.3 Å². The molecule has 0 aliphatic heterocycles. The fourth-order valence-corrected chi connectivity index (χ4v) is 1.12. The molecule has 0 saturated heterocycles. The first-order valence-corrected chi connectivity index (χ1v) is 4.49. The van der Waals surface area contributed by atoms with E-state index in [1.165, 1.54) is 0 Å². The maximum atomic E-state index is 10.4. The quantitative estimate of drug-likeness (QED) is 0.706. The summed E-state index contributed by atoms with van der Waals surface area (Å²) in [6.45, 7) is 3.61. The van der Waals surface area contributed by atoms with Gasteiger partial charge in [0.05, 0.1) is 0 Å². The van der Waals surface area contributed by atoms with E-state index < -0.39 is 22.5 Å². The maximum absolute atomic E-state index is 10.4. The first kappa shape index (κ1) is 11.1. The molecule has 0 aromatic heterocycles. The van der Waals surface area contributed by atoms with Crippen molar-refractivity contribution in [3.8, 4) is 0 Å². The lowest BCUT2D eigenvalue weighted by atomic mass is 10.1. The zero-order valence-electron chi connectivity index (χ0n) is 6.89. The Morgan fingerprint density at radius 2 is 2.00 bits per heavy atom. The van der Waals surface area contributed by atoms with Gasteiger partial charge in [-0.15, -0.1) is 0 Å². The summed E-state index contributed by atoms with van der Waals surface area (Å²) in [6, 6.07) is -1.14. The van der Waals surface area contributed by atoms with Crippen LogP contribution in [-0.4, -0.2) is 25.5 Å². The highest BCUT2D eigenvalue weighted by Gasteiger charge is 2.17. The minimum Gasteiger partial charge on any atom is -0.480 e. The number of carboxylic acids is 1. The number of nitrogens with zero attached hydrogens (tertiary/aromatic N) is 1. The molecular formula is C6H11NO4S. The summed E-state index contributed by atoms with van der Waals surface area (Å²) in [5.41, 5.74) is 0. The normalized spacial score (nSPS) is 12.6. The fourth-order valence-electron chi connectivity index (χ4n) is 0.739. The Labute approximate surface area is 72.1 Å². The average molecular weight is 193 g/mol. The Balaban J connectivity index is 4.46. The molecule has 0 rings (SSSR count). The van der Waals surface area contributed by atoms with Crippen molar-refractivity contribution in [2.24, 2.45) is 10.3 Å². The molecule has 5 nitrogen and oxygen atoms in total. The van der Waals surface area contributed by atoms with Crippen molar-refractivity contribution in [1.82, 2.24) is 0 Å². The van der Waals surface area contributed by atoms with Crippen molar-refractivity contribution in [2.75, 3.05) is 0 Å². The first-order chi connectivity index (χ1) is 5.43. The number of aliphatic carboxylic acids is 1. The van der Waals surface area contributed by atoms with E-state index in [2.05, 4.69) is 4.36 Å². The highest BCUT2D eigenvalue weighted by Crippen LogP contribution is 2.07. The van der Waals surface area contributed by atoms with Crippen molar-refractivity contribution >= 4 is 16.5 Å². The summed E-state index contributed by atoms with van der Waals surface area (Å²) in [6.07, 6.45) is 0.239. The van der Waals surface area contributed by atoms with Crippen LogP contribution in [0.15, 0.2) is 4.36 Å². The van der Waals surface area contributed by atoms with Crippen LogP contribution in [0, 0.1) is 5.92 Å². The van der Waals surface area contributed by atoms with Gasteiger partial charge in [-0.05, 0) is 12.3 Å². The third-order valence-electron chi connectivity index (χ3n) is 1.19. The van der Waals surface area contributed by atoms with E-state index in [-0.39, 0.29) is 12.3 Å². The molecule has 0 aliphatic rings. The van der Waals surface area contributed by atoms with E-state index >= 15 is 0 Å². The molecule has 0 fully saturated rings. The summed E-state index contributed by atoms with van der Waals surface area (Å²) in [5, 5.41) is 8.50.